The Balaban J connectivity index is 1.59. The number of aromatic amines is 1. The molecule has 0 spiro atoms. The summed E-state index contributed by atoms with van der Waals surface area (Å²) in [6.45, 7) is 4.38. The van der Waals surface area contributed by atoms with Crippen molar-refractivity contribution in [1.82, 2.24) is 25.3 Å². The van der Waals surface area contributed by atoms with Gasteiger partial charge in [0.1, 0.15) is 11.6 Å². The summed E-state index contributed by atoms with van der Waals surface area (Å²) < 4.78 is 7.10. The molecule has 0 aliphatic carbocycles. The number of benzene rings is 1. The number of H-pyrrole nitrogens is 1. The Bertz CT molecular complexity index is 901. The molecular formula is C19H24N6O2. The summed E-state index contributed by atoms with van der Waals surface area (Å²) in [5.41, 5.74) is 2.90. The van der Waals surface area contributed by atoms with Gasteiger partial charge in [-0.1, -0.05) is 18.2 Å². The third-order valence-electron chi connectivity index (χ3n) is 4.12. The summed E-state index contributed by atoms with van der Waals surface area (Å²) in [6.07, 6.45) is 2.30. The number of carbonyl (C=O) groups excluding carboxylic acids is 1. The largest absolute Gasteiger partial charge is 0.496 e. The van der Waals surface area contributed by atoms with Crippen LogP contribution < -0.4 is 15.4 Å². The Labute approximate surface area is 157 Å². The van der Waals surface area contributed by atoms with Crippen molar-refractivity contribution in [3.63, 3.8) is 0 Å². The number of nitrogens with one attached hydrogen (secondary N) is 3. The maximum Gasteiger partial charge on any atom is 0.320 e. The summed E-state index contributed by atoms with van der Waals surface area (Å²) in [6, 6.07) is 11.1. The van der Waals surface area contributed by atoms with Gasteiger partial charge in [0, 0.05) is 29.8 Å². The van der Waals surface area contributed by atoms with Gasteiger partial charge in [0.25, 0.3) is 0 Å². The molecule has 27 heavy (non-hydrogen) atoms. The van der Waals surface area contributed by atoms with E-state index in [0.717, 1.165) is 22.7 Å². The summed E-state index contributed by atoms with van der Waals surface area (Å²) in [5, 5.41) is 17.2. The van der Waals surface area contributed by atoms with E-state index >= 15 is 0 Å². The molecule has 3 N–H and O–H groups in total. The molecule has 2 amide bonds. The molecule has 2 aromatic heterocycles. The minimum Gasteiger partial charge on any atom is -0.496 e. The van der Waals surface area contributed by atoms with Crippen molar-refractivity contribution in [1.29, 1.82) is 0 Å². The molecule has 8 nitrogen and oxygen atoms in total. The lowest BCUT2D eigenvalue weighted by molar-refractivity contribution is 0.249. The number of para-hydroxylation sites is 1. The maximum absolute atomic E-state index is 12.3. The highest BCUT2D eigenvalue weighted by Gasteiger charge is 2.13. The van der Waals surface area contributed by atoms with Crippen LogP contribution in [0.3, 0.4) is 0 Å². The van der Waals surface area contributed by atoms with Crippen molar-refractivity contribution in [3.8, 4) is 5.75 Å². The Kier molecular flexibility index (Phi) is 5.75. The van der Waals surface area contributed by atoms with E-state index in [2.05, 4.69) is 25.9 Å². The number of aromatic nitrogens is 4. The van der Waals surface area contributed by atoms with Crippen molar-refractivity contribution in [2.45, 2.75) is 32.9 Å². The van der Waals surface area contributed by atoms with Crippen LogP contribution in [0.25, 0.3) is 0 Å². The Morgan fingerprint density at radius 1 is 1.33 bits per heavy atom. The minimum atomic E-state index is -0.281. The van der Waals surface area contributed by atoms with Gasteiger partial charge in [-0.25, -0.2) is 9.48 Å². The fourth-order valence-corrected chi connectivity index (χ4v) is 2.88. The SMILES string of the molecule is COc1ccccc1Cn1nccc1NC(=O)N[C@@H](C)Cc1cc(C)[nH]n1. The van der Waals surface area contributed by atoms with E-state index in [1.165, 1.54) is 0 Å². The van der Waals surface area contributed by atoms with Gasteiger partial charge in [-0.05, 0) is 26.0 Å². The van der Waals surface area contributed by atoms with Crippen LogP contribution in [0.4, 0.5) is 10.6 Å². The predicted octanol–water partition coefficient (Wildman–Crippen LogP) is 2.72. The lowest BCUT2D eigenvalue weighted by Gasteiger charge is -2.15. The molecule has 2 heterocycles. The fraction of sp³-hybridized carbons (Fsp3) is 0.316. The van der Waals surface area contributed by atoms with Crippen LogP contribution in [0.2, 0.25) is 0 Å². The van der Waals surface area contributed by atoms with Gasteiger partial charge < -0.3 is 10.1 Å². The average molecular weight is 368 g/mol. The van der Waals surface area contributed by atoms with Gasteiger partial charge in [-0.3, -0.25) is 10.4 Å². The molecule has 0 aliphatic heterocycles. The number of urea groups is 1. The molecule has 3 aromatic rings. The summed E-state index contributed by atoms with van der Waals surface area (Å²) in [7, 11) is 1.64. The average Bonchev–Trinajstić information content (AvgIpc) is 3.24. The predicted molar refractivity (Wildman–Crippen MR) is 103 cm³/mol. The van der Waals surface area contributed by atoms with E-state index in [1.54, 1.807) is 24.1 Å². The number of anilines is 1. The van der Waals surface area contributed by atoms with Gasteiger partial charge in [0.2, 0.25) is 0 Å². The molecule has 0 saturated carbocycles. The molecule has 0 aliphatic rings. The second kappa shape index (κ2) is 8.39. The van der Waals surface area contributed by atoms with Crippen molar-refractivity contribution < 1.29 is 9.53 Å². The van der Waals surface area contributed by atoms with Crippen molar-refractivity contribution in [2.75, 3.05) is 12.4 Å². The van der Waals surface area contributed by atoms with Gasteiger partial charge in [0.15, 0.2) is 0 Å². The van der Waals surface area contributed by atoms with E-state index in [4.69, 9.17) is 4.74 Å². The fourth-order valence-electron chi connectivity index (χ4n) is 2.88. The van der Waals surface area contributed by atoms with Crippen LogP contribution in [0.1, 0.15) is 23.9 Å². The third-order valence-corrected chi connectivity index (χ3v) is 4.12. The first-order valence-corrected chi connectivity index (χ1v) is 8.77. The highest BCUT2D eigenvalue weighted by molar-refractivity contribution is 5.88. The van der Waals surface area contributed by atoms with E-state index < -0.39 is 0 Å². The topological polar surface area (TPSA) is 96.9 Å². The number of ether oxygens (including phenoxy) is 1. The van der Waals surface area contributed by atoms with E-state index in [-0.39, 0.29) is 12.1 Å². The maximum atomic E-state index is 12.3. The van der Waals surface area contributed by atoms with Gasteiger partial charge in [0.05, 0.1) is 25.5 Å². The van der Waals surface area contributed by atoms with Crippen LogP contribution in [0.5, 0.6) is 5.75 Å². The zero-order valence-electron chi connectivity index (χ0n) is 15.7. The van der Waals surface area contributed by atoms with Crippen molar-refractivity contribution >= 4 is 11.8 Å². The van der Waals surface area contributed by atoms with Gasteiger partial charge in [-0.15, -0.1) is 0 Å². The number of carbonyl (C=O) groups is 1. The van der Waals surface area contributed by atoms with Crippen molar-refractivity contribution in [3.05, 3.63) is 59.5 Å². The molecule has 3 rings (SSSR count). The highest BCUT2D eigenvalue weighted by atomic mass is 16.5. The Morgan fingerprint density at radius 3 is 2.89 bits per heavy atom. The van der Waals surface area contributed by atoms with Crippen LogP contribution in [-0.2, 0) is 13.0 Å². The van der Waals surface area contributed by atoms with E-state index in [9.17, 15) is 4.79 Å². The minimum absolute atomic E-state index is 0.0571. The molecule has 0 bridgehead atoms. The molecule has 0 unspecified atom stereocenters. The molecule has 1 aromatic carbocycles. The first-order valence-electron chi connectivity index (χ1n) is 8.77. The molecule has 0 fully saturated rings. The first-order chi connectivity index (χ1) is 13.0. The van der Waals surface area contributed by atoms with E-state index in [0.29, 0.717) is 18.8 Å². The summed E-state index contributed by atoms with van der Waals surface area (Å²) in [5.74, 6) is 1.40. The molecule has 142 valence electrons. The normalized spacial score (nSPS) is 11.8. The number of aryl methyl sites for hydroxylation is 1. The number of hydrogen-bond donors (Lipinski definition) is 3. The lowest BCUT2D eigenvalue weighted by Crippen LogP contribution is -2.37. The van der Waals surface area contributed by atoms with E-state index in [1.807, 2.05) is 44.2 Å². The standard InChI is InChI=1S/C19H24N6O2/c1-13(10-16-11-14(2)23-24-16)21-19(26)22-18-8-9-20-25(18)12-15-6-4-5-7-17(15)27-3/h4-9,11,13H,10,12H2,1-3H3,(H,23,24)(H2,21,22,26)/t13-/m0/s1. The van der Waals surface area contributed by atoms with Crippen LogP contribution in [0, 0.1) is 6.92 Å². The molecule has 1 atom stereocenters. The molecule has 0 radical (unpaired) electrons. The zero-order valence-corrected chi connectivity index (χ0v) is 15.7. The second-order valence-electron chi connectivity index (χ2n) is 6.43. The van der Waals surface area contributed by atoms with Crippen LogP contribution in [-0.4, -0.2) is 39.2 Å². The second-order valence-corrected chi connectivity index (χ2v) is 6.43. The Morgan fingerprint density at radius 2 is 2.15 bits per heavy atom. The van der Waals surface area contributed by atoms with Crippen LogP contribution in [0.15, 0.2) is 42.6 Å². The quantitative estimate of drug-likeness (QED) is 0.597. The number of hydrogen-bond acceptors (Lipinski definition) is 4. The van der Waals surface area contributed by atoms with Crippen LogP contribution >= 0.6 is 0 Å². The van der Waals surface area contributed by atoms with Gasteiger partial charge in [-0.2, -0.15) is 10.2 Å². The summed E-state index contributed by atoms with van der Waals surface area (Å²) >= 11 is 0. The molecule has 0 saturated heterocycles. The van der Waals surface area contributed by atoms with Gasteiger partial charge >= 0.3 is 6.03 Å². The number of rotatable bonds is 7. The zero-order chi connectivity index (χ0) is 19.2. The molecule has 8 heteroatoms. The smallest absolute Gasteiger partial charge is 0.320 e. The van der Waals surface area contributed by atoms with Crippen molar-refractivity contribution in [2.24, 2.45) is 0 Å². The third kappa shape index (κ3) is 4.87. The number of methoxy groups -OCH3 is 1. The lowest BCUT2D eigenvalue weighted by atomic mass is 10.2. The molecular weight excluding hydrogens is 344 g/mol. The first kappa shape index (κ1) is 18.5. The number of amides is 2. The number of nitrogens with zero attached hydrogens (tertiary/aromatic N) is 3. The monoisotopic (exact) mass is 368 g/mol. The summed E-state index contributed by atoms with van der Waals surface area (Å²) in [4.78, 5) is 12.3. The Hall–Kier alpha value is -3.29. The highest BCUT2D eigenvalue weighted by Crippen LogP contribution is 2.20.